The van der Waals surface area contributed by atoms with Crippen molar-refractivity contribution in [2.45, 2.75) is 24.6 Å². The first kappa shape index (κ1) is 19.9. The lowest BCUT2D eigenvalue weighted by Crippen LogP contribution is -2.29. The van der Waals surface area contributed by atoms with E-state index in [2.05, 4.69) is 25.7 Å². The topological polar surface area (TPSA) is 111 Å². The number of amides is 2. The van der Waals surface area contributed by atoms with Crippen LogP contribution in [0.2, 0.25) is 0 Å². The van der Waals surface area contributed by atoms with Gasteiger partial charge in [0.1, 0.15) is 23.8 Å². The molecule has 0 bridgehead atoms. The van der Waals surface area contributed by atoms with E-state index in [4.69, 9.17) is 4.74 Å². The van der Waals surface area contributed by atoms with Crippen molar-refractivity contribution in [3.63, 3.8) is 0 Å². The van der Waals surface area contributed by atoms with Gasteiger partial charge in [0, 0.05) is 36.0 Å². The molecular formula is C20H20N6O3S. The highest BCUT2D eigenvalue weighted by atomic mass is 32.2. The molecule has 4 rings (SSSR count). The highest BCUT2D eigenvalue weighted by Gasteiger charge is 2.25. The summed E-state index contributed by atoms with van der Waals surface area (Å²) in [6, 6.07) is 7.48. The van der Waals surface area contributed by atoms with Crippen LogP contribution in [0.5, 0.6) is 5.75 Å². The van der Waals surface area contributed by atoms with Gasteiger partial charge in [-0.25, -0.2) is 9.67 Å². The Morgan fingerprint density at radius 3 is 2.77 bits per heavy atom. The Morgan fingerprint density at radius 1 is 1.20 bits per heavy atom. The Hall–Kier alpha value is -3.40. The normalized spacial score (nSPS) is 12.3. The van der Waals surface area contributed by atoms with Gasteiger partial charge in [-0.05, 0) is 17.7 Å². The minimum Gasteiger partial charge on any atom is -0.497 e. The van der Waals surface area contributed by atoms with E-state index in [1.807, 2.05) is 24.3 Å². The maximum atomic E-state index is 12.5. The molecule has 154 valence electrons. The zero-order chi connectivity index (χ0) is 20.9. The first-order valence-corrected chi connectivity index (χ1v) is 10.4. The summed E-state index contributed by atoms with van der Waals surface area (Å²) in [5.41, 5.74) is 2.99. The van der Waals surface area contributed by atoms with Crippen LogP contribution >= 0.6 is 11.8 Å². The Labute approximate surface area is 177 Å². The van der Waals surface area contributed by atoms with E-state index < -0.39 is 0 Å². The number of nitrogens with one attached hydrogen (secondary N) is 2. The lowest BCUT2D eigenvalue weighted by Gasteiger charge is -2.11. The summed E-state index contributed by atoms with van der Waals surface area (Å²) in [7, 11) is 1.61. The van der Waals surface area contributed by atoms with Crippen LogP contribution in [0.3, 0.4) is 0 Å². The van der Waals surface area contributed by atoms with Gasteiger partial charge in [0.25, 0.3) is 5.91 Å². The van der Waals surface area contributed by atoms with Crippen LogP contribution in [0.25, 0.3) is 0 Å². The van der Waals surface area contributed by atoms with Crippen molar-refractivity contribution < 1.29 is 14.3 Å². The number of methoxy groups -OCH3 is 1. The molecule has 0 saturated heterocycles. The van der Waals surface area contributed by atoms with E-state index in [9.17, 15) is 9.59 Å². The van der Waals surface area contributed by atoms with E-state index in [1.165, 1.54) is 18.6 Å². The van der Waals surface area contributed by atoms with E-state index in [1.54, 1.807) is 23.6 Å². The first-order valence-electron chi connectivity index (χ1n) is 9.27. The fourth-order valence-electron chi connectivity index (χ4n) is 3.04. The van der Waals surface area contributed by atoms with E-state index >= 15 is 0 Å². The molecule has 1 aliphatic heterocycles. The summed E-state index contributed by atoms with van der Waals surface area (Å²) in [5.74, 6) is 2.20. The molecule has 0 unspecified atom stereocenters. The lowest BCUT2D eigenvalue weighted by atomic mass is 10.2. The second-order valence-corrected chi connectivity index (χ2v) is 7.58. The van der Waals surface area contributed by atoms with Gasteiger partial charge < -0.3 is 15.4 Å². The fraction of sp³-hybridized carbons (Fsp3) is 0.250. The fourth-order valence-corrected chi connectivity index (χ4v) is 4.08. The second-order valence-electron chi connectivity index (χ2n) is 6.59. The minimum absolute atomic E-state index is 0.00387. The molecule has 2 aromatic heterocycles. The Balaban J connectivity index is 1.44. The number of nitrogens with zero attached hydrogens (tertiary/aromatic N) is 4. The average molecular weight is 424 g/mol. The van der Waals surface area contributed by atoms with Gasteiger partial charge in [0.05, 0.1) is 19.0 Å². The van der Waals surface area contributed by atoms with E-state index in [0.717, 1.165) is 34.1 Å². The van der Waals surface area contributed by atoms with Gasteiger partial charge in [0.2, 0.25) is 5.91 Å². The highest BCUT2D eigenvalue weighted by Crippen LogP contribution is 2.34. The predicted molar refractivity (Wildman–Crippen MR) is 112 cm³/mol. The van der Waals surface area contributed by atoms with Crippen LogP contribution in [-0.4, -0.2) is 38.7 Å². The molecule has 0 aliphatic carbocycles. The largest absolute Gasteiger partial charge is 0.497 e. The highest BCUT2D eigenvalue weighted by molar-refractivity contribution is 7.98. The molecule has 0 atom stereocenters. The van der Waals surface area contributed by atoms with Gasteiger partial charge in [-0.15, -0.1) is 0 Å². The monoisotopic (exact) mass is 424 g/mol. The van der Waals surface area contributed by atoms with Crippen molar-refractivity contribution in [1.29, 1.82) is 0 Å². The predicted octanol–water partition coefficient (Wildman–Crippen LogP) is 2.00. The van der Waals surface area contributed by atoms with Crippen LogP contribution in [-0.2, 0) is 29.4 Å². The Bertz CT molecular complexity index is 1050. The van der Waals surface area contributed by atoms with Crippen LogP contribution in [0.1, 0.15) is 27.3 Å². The Morgan fingerprint density at radius 2 is 2.03 bits per heavy atom. The smallest absolute Gasteiger partial charge is 0.277 e. The standard InChI is InChI=1S/C20H20N6O3S/c1-29-14-4-2-13(3-5-14)8-23-18(27)10-26-19(15-11-30-12-17(15)25-26)24-20(28)16-9-21-6-7-22-16/h2-7,9H,8,10-12H2,1H3,(H,23,27)(H,24,28). The van der Waals surface area contributed by atoms with E-state index in [-0.39, 0.29) is 24.1 Å². The quantitative estimate of drug-likeness (QED) is 0.597. The maximum Gasteiger partial charge on any atom is 0.277 e. The number of rotatable bonds is 7. The Kier molecular flexibility index (Phi) is 5.94. The number of benzene rings is 1. The van der Waals surface area contributed by atoms with Crippen molar-refractivity contribution >= 4 is 29.4 Å². The summed E-state index contributed by atoms with van der Waals surface area (Å²) in [4.78, 5) is 33.0. The third-order valence-corrected chi connectivity index (χ3v) is 5.56. The SMILES string of the molecule is COc1ccc(CNC(=O)Cn2nc3c(c2NC(=O)c2cnccn2)CSC3)cc1. The first-order chi connectivity index (χ1) is 14.6. The van der Waals surface area contributed by atoms with Crippen LogP contribution in [0.15, 0.2) is 42.9 Å². The number of ether oxygens (including phenoxy) is 1. The molecule has 2 N–H and O–H groups in total. The number of hydrogen-bond acceptors (Lipinski definition) is 7. The molecule has 0 fully saturated rings. The van der Waals surface area contributed by atoms with E-state index in [0.29, 0.717) is 12.4 Å². The lowest BCUT2D eigenvalue weighted by molar-refractivity contribution is -0.122. The van der Waals surface area contributed by atoms with Gasteiger partial charge in [-0.2, -0.15) is 16.9 Å². The molecule has 2 amide bonds. The van der Waals surface area contributed by atoms with Crippen molar-refractivity contribution in [1.82, 2.24) is 25.1 Å². The molecule has 0 saturated carbocycles. The molecule has 30 heavy (non-hydrogen) atoms. The van der Waals surface area contributed by atoms with Crippen molar-refractivity contribution in [3.05, 3.63) is 65.4 Å². The molecule has 3 heterocycles. The zero-order valence-electron chi connectivity index (χ0n) is 16.3. The summed E-state index contributed by atoms with van der Waals surface area (Å²) < 4.78 is 6.68. The third-order valence-electron chi connectivity index (χ3n) is 4.59. The van der Waals surface area contributed by atoms with Crippen molar-refractivity contribution in [2.75, 3.05) is 12.4 Å². The molecule has 9 nitrogen and oxygen atoms in total. The summed E-state index contributed by atoms with van der Waals surface area (Å²) in [6.45, 7) is 0.394. The average Bonchev–Trinajstić information content (AvgIpc) is 3.35. The number of fused-ring (bicyclic) bond motifs is 1. The van der Waals surface area contributed by atoms with Gasteiger partial charge in [0.15, 0.2) is 0 Å². The summed E-state index contributed by atoms with van der Waals surface area (Å²) in [6.07, 6.45) is 4.36. The number of thioether (sulfide) groups is 1. The van der Waals surface area contributed by atoms with Crippen LogP contribution < -0.4 is 15.4 Å². The van der Waals surface area contributed by atoms with Gasteiger partial charge in [-0.1, -0.05) is 12.1 Å². The molecule has 10 heteroatoms. The number of anilines is 1. The number of carbonyl (C=O) groups excluding carboxylic acids is 2. The summed E-state index contributed by atoms with van der Waals surface area (Å²) in [5, 5.41) is 10.3. The number of aromatic nitrogens is 4. The van der Waals surface area contributed by atoms with Crippen molar-refractivity contribution in [3.8, 4) is 5.75 Å². The van der Waals surface area contributed by atoms with Crippen molar-refractivity contribution in [2.24, 2.45) is 0 Å². The van der Waals surface area contributed by atoms with Gasteiger partial charge >= 0.3 is 0 Å². The third kappa shape index (κ3) is 4.43. The van der Waals surface area contributed by atoms with Crippen LogP contribution in [0, 0.1) is 0 Å². The minimum atomic E-state index is -0.386. The van der Waals surface area contributed by atoms with Gasteiger partial charge in [-0.3, -0.25) is 14.6 Å². The second kappa shape index (κ2) is 8.95. The molecule has 0 radical (unpaired) electrons. The zero-order valence-corrected chi connectivity index (χ0v) is 17.1. The molecule has 1 aromatic carbocycles. The molecule has 1 aliphatic rings. The number of hydrogen-bond donors (Lipinski definition) is 2. The molecule has 3 aromatic rings. The molecular weight excluding hydrogens is 404 g/mol. The summed E-state index contributed by atoms with van der Waals surface area (Å²) >= 11 is 1.72. The maximum absolute atomic E-state index is 12.5. The number of carbonyl (C=O) groups is 2. The molecule has 0 spiro atoms. The van der Waals surface area contributed by atoms with Crippen LogP contribution in [0.4, 0.5) is 5.82 Å².